The van der Waals surface area contributed by atoms with Crippen LogP contribution in [-0.2, 0) is 4.74 Å². The molecule has 2 heterocycles. The van der Waals surface area contributed by atoms with Crippen LogP contribution in [-0.4, -0.2) is 54.2 Å². The predicted molar refractivity (Wildman–Crippen MR) is 105 cm³/mol. The van der Waals surface area contributed by atoms with E-state index >= 15 is 0 Å². The summed E-state index contributed by atoms with van der Waals surface area (Å²) in [4.78, 5) is 16.7. The first-order chi connectivity index (χ1) is 12.4. The first-order valence-corrected chi connectivity index (χ1v) is 10.2. The van der Waals surface area contributed by atoms with E-state index in [2.05, 4.69) is 35.2 Å². The number of carbonyl (C=O) groups is 1. The molecule has 2 aliphatic heterocycles. The van der Waals surface area contributed by atoms with Crippen molar-refractivity contribution in [3.63, 3.8) is 0 Å². The minimum absolute atomic E-state index is 0.153. The minimum atomic E-state index is -0.406. The zero-order valence-corrected chi connectivity index (χ0v) is 16.6. The van der Waals surface area contributed by atoms with Crippen molar-refractivity contribution in [1.82, 2.24) is 9.80 Å². The summed E-state index contributed by atoms with van der Waals surface area (Å²) < 4.78 is 5.49. The maximum Gasteiger partial charge on any atom is 0.410 e. The van der Waals surface area contributed by atoms with Crippen LogP contribution in [0.25, 0.3) is 0 Å². The van der Waals surface area contributed by atoms with Crippen molar-refractivity contribution in [3.8, 4) is 0 Å². The van der Waals surface area contributed by atoms with E-state index in [0.29, 0.717) is 5.92 Å². The number of nitrogens with zero attached hydrogens (tertiary/aromatic N) is 2. The Bertz CT molecular complexity index is 566. The fourth-order valence-corrected chi connectivity index (χ4v) is 4.16. The van der Waals surface area contributed by atoms with Gasteiger partial charge in [-0.3, -0.25) is 0 Å². The van der Waals surface area contributed by atoms with Gasteiger partial charge in [-0.2, -0.15) is 0 Å². The molecule has 0 bridgehead atoms. The molecule has 4 heteroatoms. The molecule has 0 unspecified atom stereocenters. The van der Waals surface area contributed by atoms with E-state index in [9.17, 15) is 4.79 Å². The van der Waals surface area contributed by atoms with Crippen molar-refractivity contribution >= 4 is 6.09 Å². The molecule has 144 valence electrons. The summed E-state index contributed by atoms with van der Waals surface area (Å²) in [6.45, 7) is 11.0. The van der Waals surface area contributed by atoms with Gasteiger partial charge in [-0.05, 0) is 76.9 Å². The van der Waals surface area contributed by atoms with E-state index in [1.165, 1.54) is 38.0 Å². The molecule has 1 aromatic rings. The number of carbonyl (C=O) groups excluding carboxylic acids is 1. The van der Waals surface area contributed by atoms with E-state index in [4.69, 9.17) is 4.74 Å². The standard InChI is InChI=1S/C22H34N2O2/c1-22(2,3)26-21(25)24-15-9-18(10-16-24)17-23-13-11-20(12-14-23)19-7-5-4-6-8-19/h4-8,18,20H,9-17H2,1-3H3. The third kappa shape index (κ3) is 5.47. The van der Waals surface area contributed by atoms with Gasteiger partial charge in [0.05, 0.1) is 0 Å². The summed E-state index contributed by atoms with van der Waals surface area (Å²) in [6.07, 6.45) is 4.57. The first kappa shape index (κ1) is 19.2. The van der Waals surface area contributed by atoms with Gasteiger partial charge < -0.3 is 14.5 Å². The van der Waals surface area contributed by atoms with Gasteiger partial charge in [0.1, 0.15) is 5.60 Å². The Labute approximate surface area is 158 Å². The second-order valence-corrected chi connectivity index (χ2v) is 8.90. The molecule has 2 fully saturated rings. The van der Waals surface area contributed by atoms with E-state index < -0.39 is 5.60 Å². The van der Waals surface area contributed by atoms with Crippen LogP contribution < -0.4 is 0 Å². The van der Waals surface area contributed by atoms with E-state index in [-0.39, 0.29) is 6.09 Å². The Morgan fingerprint density at radius 3 is 2.19 bits per heavy atom. The molecule has 0 spiro atoms. The molecule has 2 aliphatic rings. The number of likely N-dealkylation sites (tertiary alicyclic amines) is 2. The molecule has 3 rings (SSSR count). The SMILES string of the molecule is CC(C)(C)OC(=O)N1CCC(CN2CCC(c3ccccc3)CC2)CC1. The van der Waals surface area contributed by atoms with Crippen molar-refractivity contribution < 1.29 is 9.53 Å². The lowest BCUT2D eigenvalue weighted by molar-refractivity contribution is 0.0166. The van der Waals surface area contributed by atoms with Crippen LogP contribution in [0.15, 0.2) is 30.3 Å². The molecule has 4 nitrogen and oxygen atoms in total. The summed E-state index contributed by atoms with van der Waals surface area (Å²) >= 11 is 0. The zero-order chi connectivity index (χ0) is 18.6. The molecular weight excluding hydrogens is 324 g/mol. The van der Waals surface area contributed by atoms with Gasteiger partial charge in [-0.25, -0.2) is 4.79 Å². The Morgan fingerprint density at radius 1 is 1.00 bits per heavy atom. The monoisotopic (exact) mass is 358 g/mol. The number of ether oxygens (including phenoxy) is 1. The summed E-state index contributed by atoms with van der Waals surface area (Å²) in [5, 5.41) is 0. The summed E-state index contributed by atoms with van der Waals surface area (Å²) in [7, 11) is 0. The third-order valence-corrected chi connectivity index (χ3v) is 5.64. The fourth-order valence-electron chi connectivity index (χ4n) is 4.16. The van der Waals surface area contributed by atoms with Crippen LogP contribution in [0.4, 0.5) is 4.79 Å². The Balaban J connectivity index is 1.38. The number of hydrogen-bond donors (Lipinski definition) is 0. The normalized spacial score (nSPS) is 21.0. The average Bonchev–Trinajstić information content (AvgIpc) is 2.62. The molecule has 0 saturated carbocycles. The van der Waals surface area contributed by atoms with E-state index in [1.807, 2.05) is 25.7 Å². The lowest BCUT2D eigenvalue weighted by Gasteiger charge is -2.38. The van der Waals surface area contributed by atoms with Gasteiger partial charge in [-0.1, -0.05) is 30.3 Å². The van der Waals surface area contributed by atoms with E-state index in [1.54, 1.807) is 0 Å². The van der Waals surface area contributed by atoms with Crippen LogP contribution in [0.2, 0.25) is 0 Å². The predicted octanol–water partition coefficient (Wildman–Crippen LogP) is 4.51. The molecule has 1 amide bonds. The highest BCUT2D eigenvalue weighted by Gasteiger charge is 2.28. The Hall–Kier alpha value is -1.55. The molecule has 1 aromatic carbocycles. The second kappa shape index (κ2) is 8.43. The maximum atomic E-state index is 12.2. The highest BCUT2D eigenvalue weighted by atomic mass is 16.6. The van der Waals surface area contributed by atoms with Crippen LogP contribution in [0.1, 0.15) is 57.9 Å². The highest BCUT2D eigenvalue weighted by molar-refractivity contribution is 5.68. The molecule has 0 radical (unpaired) electrons. The van der Waals surface area contributed by atoms with Crippen LogP contribution >= 0.6 is 0 Å². The number of amides is 1. The number of rotatable bonds is 3. The molecule has 0 aromatic heterocycles. The van der Waals surface area contributed by atoms with Gasteiger partial charge in [0.15, 0.2) is 0 Å². The van der Waals surface area contributed by atoms with Crippen LogP contribution in [0.3, 0.4) is 0 Å². The molecule has 0 N–H and O–H groups in total. The maximum absolute atomic E-state index is 12.2. The molecule has 0 atom stereocenters. The smallest absolute Gasteiger partial charge is 0.410 e. The molecular formula is C22H34N2O2. The summed E-state index contributed by atoms with van der Waals surface area (Å²) in [5.41, 5.74) is 1.09. The molecule has 26 heavy (non-hydrogen) atoms. The van der Waals surface area contributed by atoms with Crippen molar-refractivity contribution in [2.75, 3.05) is 32.7 Å². The lowest BCUT2D eigenvalue weighted by Crippen LogP contribution is -2.44. The lowest BCUT2D eigenvalue weighted by atomic mass is 9.88. The largest absolute Gasteiger partial charge is 0.444 e. The highest BCUT2D eigenvalue weighted by Crippen LogP contribution is 2.29. The van der Waals surface area contributed by atoms with Crippen molar-refractivity contribution in [3.05, 3.63) is 35.9 Å². The van der Waals surface area contributed by atoms with Gasteiger partial charge >= 0.3 is 6.09 Å². The van der Waals surface area contributed by atoms with Gasteiger partial charge in [0.25, 0.3) is 0 Å². The summed E-state index contributed by atoms with van der Waals surface area (Å²) in [6, 6.07) is 10.9. The van der Waals surface area contributed by atoms with Gasteiger partial charge in [0.2, 0.25) is 0 Å². The molecule has 0 aliphatic carbocycles. The van der Waals surface area contributed by atoms with Gasteiger partial charge in [-0.15, -0.1) is 0 Å². The van der Waals surface area contributed by atoms with E-state index in [0.717, 1.165) is 31.8 Å². The minimum Gasteiger partial charge on any atom is -0.444 e. The summed E-state index contributed by atoms with van der Waals surface area (Å²) in [5.74, 6) is 1.43. The average molecular weight is 359 g/mol. The van der Waals surface area contributed by atoms with Crippen molar-refractivity contribution in [2.45, 2.75) is 58.0 Å². The first-order valence-electron chi connectivity index (χ1n) is 10.2. The van der Waals surface area contributed by atoms with Gasteiger partial charge in [0, 0.05) is 19.6 Å². The third-order valence-electron chi connectivity index (χ3n) is 5.64. The second-order valence-electron chi connectivity index (χ2n) is 8.90. The van der Waals surface area contributed by atoms with Crippen LogP contribution in [0, 0.1) is 5.92 Å². The Kier molecular flexibility index (Phi) is 6.23. The van der Waals surface area contributed by atoms with Crippen molar-refractivity contribution in [2.24, 2.45) is 5.92 Å². The number of hydrogen-bond acceptors (Lipinski definition) is 3. The quantitative estimate of drug-likeness (QED) is 0.797. The van der Waals surface area contributed by atoms with Crippen molar-refractivity contribution in [1.29, 1.82) is 0 Å². The topological polar surface area (TPSA) is 32.8 Å². The number of benzene rings is 1. The fraction of sp³-hybridized carbons (Fsp3) is 0.682. The zero-order valence-electron chi connectivity index (χ0n) is 16.6. The van der Waals surface area contributed by atoms with Crippen LogP contribution in [0.5, 0.6) is 0 Å². The molecule has 2 saturated heterocycles. The number of piperidine rings is 2. The Morgan fingerprint density at radius 2 is 1.62 bits per heavy atom.